The topological polar surface area (TPSA) is 285 Å². The first-order chi connectivity index (χ1) is 21.9. The van der Waals surface area contributed by atoms with E-state index in [-0.39, 0.29) is 35.4 Å². The Labute approximate surface area is 267 Å². The molecular weight excluding hydrogens is 622 g/mol. The molecule has 246 valence electrons. The predicted octanol–water partition coefficient (Wildman–Crippen LogP) is -0.679. The lowest BCUT2D eigenvalue weighted by molar-refractivity contribution is -0.120. The molecule has 0 aliphatic carbocycles. The number of piperidine rings is 1. The second kappa shape index (κ2) is 12.7. The lowest BCUT2D eigenvalue weighted by Gasteiger charge is -2.42. The number of halogens is 1. The molecule has 2 fully saturated rings. The maximum absolute atomic E-state index is 13.7. The average molecular weight is 658 g/mol. The molecular formula is C25H36ClN17O3. The predicted molar refractivity (Wildman–Crippen MR) is 166 cm³/mol. The van der Waals surface area contributed by atoms with E-state index in [1.165, 1.54) is 14.6 Å². The van der Waals surface area contributed by atoms with Crippen LogP contribution in [0.1, 0.15) is 37.0 Å². The van der Waals surface area contributed by atoms with Crippen molar-refractivity contribution in [2.24, 2.45) is 54.9 Å². The molecule has 46 heavy (non-hydrogen) atoms. The molecule has 0 bridgehead atoms. The number of aliphatic imine (C=N–C) groups is 1. The molecule has 20 nitrogen and oxygen atoms in total. The van der Waals surface area contributed by atoms with Crippen molar-refractivity contribution in [3.05, 3.63) is 47.0 Å². The van der Waals surface area contributed by atoms with Crippen LogP contribution in [0.2, 0.25) is 0 Å². The third kappa shape index (κ3) is 5.73. The molecule has 1 spiro atoms. The van der Waals surface area contributed by atoms with E-state index >= 15 is 0 Å². The van der Waals surface area contributed by atoms with Gasteiger partial charge < -0.3 is 27.2 Å². The van der Waals surface area contributed by atoms with Crippen LogP contribution >= 0.6 is 11.6 Å². The van der Waals surface area contributed by atoms with Gasteiger partial charge in [0, 0.05) is 36.3 Å². The Kier molecular flexibility index (Phi) is 8.96. The van der Waals surface area contributed by atoms with E-state index in [2.05, 4.69) is 36.3 Å². The second-order valence-corrected chi connectivity index (χ2v) is 11.7. The number of aromatic nitrogens is 1. The number of guanidine groups is 1. The molecule has 2 aromatic rings. The SMILES string of the molecule is CC(C)N(N)C(=O)n1ccc2c(C(=O)N3CCC4(CC3)CN(N)C(=NC(=O)C3NC(Cl)=C(N=NN)NC3N=NN)N4N)cccc21. The van der Waals surface area contributed by atoms with Crippen LogP contribution < -0.4 is 39.8 Å². The molecule has 5 rings (SSSR count). The summed E-state index contributed by atoms with van der Waals surface area (Å²) in [7, 11) is 0. The minimum atomic E-state index is -1.15. The summed E-state index contributed by atoms with van der Waals surface area (Å²) >= 11 is 6.18. The van der Waals surface area contributed by atoms with E-state index in [9.17, 15) is 14.4 Å². The van der Waals surface area contributed by atoms with Gasteiger partial charge in [0.15, 0.2) is 18.0 Å². The molecule has 1 aromatic heterocycles. The monoisotopic (exact) mass is 657 g/mol. The number of nitrogens with two attached hydrogens (primary N) is 5. The quantitative estimate of drug-likeness (QED) is 0.0692. The molecule has 3 amide bonds. The lowest BCUT2D eigenvalue weighted by atomic mass is 9.87. The van der Waals surface area contributed by atoms with Crippen LogP contribution in [0.25, 0.3) is 10.9 Å². The van der Waals surface area contributed by atoms with E-state index < -0.39 is 29.7 Å². The zero-order chi connectivity index (χ0) is 33.3. The highest BCUT2D eigenvalue weighted by Crippen LogP contribution is 2.34. The van der Waals surface area contributed by atoms with Gasteiger partial charge in [0.05, 0.1) is 17.6 Å². The Bertz CT molecular complexity index is 1640. The van der Waals surface area contributed by atoms with Gasteiger partial charge in [-0.3, -0.25) is 29.2 Å². The van der Waals surface area contributed by atoms with Gasteiger partial charge in [0.1, 0.15) is 5.16 Å². The summed E-state index contributed by atoms with van der Waals surface area (Å²) in [5, 5.41) is 23.7. The lowest BCUT2D eigenvalue weighted by Crippen LogP contribution is -2.58. The number of rotatable bonds is 5. The Morgan fingerprint density at radius 3 is 2.46 bits per heavy atom. The van der Waals surface area contributed by atoms with Gasteiger partial charge in [-0.05, 0) is 44.9 Å². The van der Waals surface area contributed by atoms with E-state index in [4.69, 9.17) is 40.8 Å². The molecule has 0 radical (unpaired) electrons. The molecule has 2 atom stereocenters. The van der Waals surface area contributed by atoms with Gasteiger partial charge in [-0.25, -0.2) is 22.3 Å². The van der Waals surface area contributed by atoms with Crippen LogP contribution in [0, 0.1) is 0 Å². The number of likely N-dealkylation sites (tertiary alicyclic amines) is 1. The standard InChI is InChI=1S/C25H36ClN17O3/c1-13(2)42(30)24(46)40-9-6-14-15(4-3-5-16(14)40)22(45)39-10-7-25(8-11-39)12-41(29)23(43(25)31)34-21(44)17-19(35-37-27)33-20(36-38-28)18(26)32-17/h3-6,9,13,17,19,32-33H,7-8,10-12,29-31H2,1-2H3,(H2,27,35)(H2,28,36). The Balaban J connectivity index is 1.30. The maximum Gasteiger partial charge on any atom is 0.342 e. The summed E-state index contributed by atoms with van der Waals surface area (Å²) in [6.45, 7) is 4.58. The molecule has 4 heterocycles. The number of amides is 3. The van der Waals surface area contributed by atoms with Gasteiger partial charge in [-0.2, -0.15) is 4.99 Å². The molecule has 3 aliphatic heterocycles. The molecule has 21 heteroatoms. The van der Waals surface area contributed by atoms with Crippen molar-refractivity contribution >= 4 is 46.3 Å². The summed E-state index contributed by atoms with van der Waals surface area (Å²) in [6, 6.07) is 5.19. The molecule has 12 N–H and O–H groups in total. The molecule has 2 saturated heterocycles. The van der Waals surface area contributed by atoms with Crippen molar-refractivity contribution in [1.82, 2.24) is 35.1 Å². The Hall–Kier alpha value is -5.05. The number of carbonyl (C=O) groups is 3. The third-order valence-electron chi connectivity index (χ3n) is 8.29. The molecule has 0 saturated carbocycles. The van der Waals surface area contributed by atoms with Gasteiger partial charge in [0.2, 0.25) is 5.96 Å². The van der Waals surface area contributed by atoms with Crippen LogP contribution in [-0.4, -0.2) is 91.7 Å². The highest BCUT2D eigenvalue weighted by molar-refractivity contribution is 6.29. The van der Waals surface area contributed by atoms with Gasteiger partial charge in [-0.1, -0.05) is 28.1 Å². The molecule has 1 aromatic carbocycles. The van der Waals surface area contributed by atoms with Crippen molar-refractivity contribution in [1.29, 1.82) is 0 Å². The smallest absolute Gasteiger partial charge is 0.342 e. The number of hydrogen-bond acceptors (Lipinski definition) is 12. The minimum Gasteiger partial charge on any atom is -0.358 e. The van der Waals surface area contributed by atoms with Crippen molar-refractivity contribution in [3.8, 4) is 0 Å². The van der Waals surface area contributed by atoms with Crippen molar-refractivity contribution < 1.29 is 14.4 Å². The summed E-state index contributed by atoms with van der Waals surface area (Å²) in [5.74, 6) is 28.2. The fourth-order valence-corrected chi connectivity index (χ4v) is 5.94. The highest BCUT2D eigenvalue weighted by Gasteiger charge is 2.49. The van der Waals surface area contributed by atoms with E-state index in [1.54, 1.807) is 35.4 Å². The number of nitrogens with one attached hydrogen (secondary N) is 2. The number of fused-ring (bicyclic) bond motifs is 1. The van der Waals surface area contributed by atoms with Crippen molar-refractivity contribution in [2.75, 3.05) is 19.6 Å². The van der Waals surface area contributed by atoms with Gasteiger partial charge >= 0.3 is 6.03 Å². The van der Waals surface area contributed by atoms with Crippen LogP contribution in [0.15, 0.2) is 67.1 Å². The average Bonchev–Trinajstić information content (AvgIpc) is 3.57. The first-order valence-electron chi connectivity index (χ1n) is 14.2. The minimum absolute atomic E-state index is 0.0219. The number of benzene rings is 1. The molecule has 3 aliphatic rings. The van der Waals surface area contributed by atoms with Gasteiger partial charge in [0.25, 0.3) is 11.8 Å². The largest absolute Gasteiger partial charge is 0.358 e. The summed E-state index contributed by atoms with van der Waals surface area (Å²) < 4.78 is 1.43. The van der Waals surface area contributed by atoms with Crippen LogP contribution in [0.4, 0.5) is 4.79 Å². The number of carbonyl (C=O) groups excluding carboxylic acids is 3. The first-order valence-corrected chi connectivity index (χ1v) is 14.6. The molecule has 2 unspecified atom stereocenters. The van der Waals surface area contributed by atoms with Crippen molar-refractivity contribution in [2.45, 2.75) is 50.5 Å². The summed E-state index contributed by atoms with van der Waals surface area (Å²) in [4.78, 5) is 45.8. The van der Waals surface area contributed by atoms with E-state index in [0.29, 0.717) is 42.4 Å². The number of hydrazine groups is 3. The zero-order valence-corrected chi connectivity index (χ0v) is 25.9. The number of nitrogens with zero attached hydrogens (tertiary/aromatic N) is 10. The summed E-state index contributed by atoms with van der Waals surface area (Å²) in [5.41, 5.74) is 0.330. The van der Waals surface area contributed by atoms with Crippen LogP contribution in [0.5, 0.6) is 0 Å². The fraction of sp³-hybridized carbons (Fsp3) is 0.440. The van der Waals surface area contributed by atoms with Gasteiger partial charge in [-0.15, -0.1) is 10.2 Å². The Morgan fingerprint density at radius 1 is 1.09 bits per heavy atom. The zero-order valence-electron chi connectivity index (χ0n) is 25.1. The van der Waals surface area contributed by atoms with Crippen LogP contribution in [0.3, 0.4) is 0 Å². The Morgan fingerprint density at radius 2 is 1.80 bits per heavy atom. The maximum atomic E-state index is 13.7. The van der Waals surface area contributed by atoms with E-state index in [0.717, 1.165) is 5.01 Å². The second-order valence-electron chi connectivity index (χ2n) is 11.3. The van der Waals surface area contributed by atoms with Crippen molar-refractivity contribution in [3.63, 3.8) is 0 Å². The van der Waals surface area contributed by atoms with Crippen LogP contribution in [-0.2, 0) is 4.79 Å². The number of hydrogen-bond donors (Lipinski definition) is 7. The van der Waals surface area contributed by atoms with E-state index in [1.807, 2.05) is 13.8 Å². The first kappa shape index (κ1) is 32.3. The summed E-state index contributed by atoms with van der Waals surface area (Å²) in [6.07, 6.45) is 1.44. The third-order valence-corrected chi connectivity index (χ3v) is 8.58. The fourth-order valence-electron chi connectivity index (χ4n) is 5.73. The highest BCUT2D eigenvalue weighted by atomic mass is 35.5. The normalized spacial score (nSPS) is 22.5.